The van der Waals surface area contributed by atoms with Crippen LogP contribution >= 0.6 is 0 Å². The summed E-state index contributed by atoms with van der Waals surface area (Å²) in [5.74, 6) is -2.10. The summed E-state index contributed by atoms with van der Waals surface area (Å²) in [6.07, 6.45) is 0.341. The van der Waals surface area contributed by atoms with Crippen LogP contribution in [0.1, 0.15) is 24.8 Å². The first-order chi connectivity index (χ1) is 11.7. The highest BCUT2D eigenvalue weighted by Crippen LogP contribution is 2.28. The van der Waals surface area contributed by atoms with Gasteiger partial charge in [0.2, 0.25) is 0 Å². The lowest BCUT2D eigenvalue weighted by Gasteiger charge is -2.11. The Bertz CT molecular complexity index is 793. The molecule has 3 N–H and O–H groups in total. The molecule has 0 aliphatic heterocycles. The SMILES string of the molecule is N#Cc1cn(C[C@H]2CC[C@@H](N)C2)c2ccccc12.O=C(O)C(F)(F)F. The first kappa shape index (κ1) is 18.8. The van der Waals surface area contributed by atoms with Crippen LogP contribution in [0.5, 0.6) is 0 Å². The zero-order valence-electron chi connectivity index (χ0n) is 13.3. The maximum Gasteiger partial charge on any atom is 0.490 e. The molecule has 1 aromatic carbocycles. The number of nitrogens with two attached hydrogens (primary N) is 1. The van der Waals surface area contributed by atoms with E-state index in [4.69, 9.17) is 20.9 Å². The van der Waals surface area contributed by atoms with Gasteiger partial charge in [0.15, 0.2) is 0 Å². The minimum Gasteiger partial charge on any atom is -0.475 e. The highest BCUT2D eigenvalue weighted by Gasteiger charge is 2.38. The predicted octanol–water partition coefficient (Wildman–Crippen LogP) is 3.27. The van der Waals surface area contributed by atoms with Crippen LogP contribution in [0.2, 0.25) is 0 Å². The molecule has 1 aliphatic rings. The van der Waals surface area contributed by atoms with Crippen molar-refractivity contribution in [2.45, 2.75) is 38.0 Å². The molecule has 8 heteroatoms. The third-order valence-corrected chi connectivity index (χ3v) is 4.19. The Morgan fingerprint density at radius 2 is 2.00 bits per heavy atom. The number of carbonyl (C=O) groups is 1. The summed E-state index contributed by atoms with van der Waals surface area (Å²) in [6.45, 7) is 0.982. The van der Waals surface area contributed by atoms with Crippen molar-refractivity contribution in [3.05, 3.63) is 36.0 Å². The van der Waals surface area contributed by atoms with E-state index in [1.165, 1.54) is 6.42 Å². The van der Waals surface area contributed by atoms with Crippen LogP contribution in [0.4, 0.5) is 13.2 Å². The molecule has 0 saturated heterocycles. The van der Waals surface area contributed by atoms with Crippen LogP contribution in [0.3, 0.4) is 0 Å². The van der Waals surface area contributed by atoms with Crippen molar-refractivity contribution in [2.75, 3.05) is 0 Å². The van der Waals surface area contributed by atoms with Gasteiger partial charge in [-0.05, 0) is 31.2 Å². The van der Waals surface area contributed by atoms with Gasteiger partial charge in [-0.25, -0.2) is 4.79 Å². The molecule has 2 aromatic rings. The smallest absolute Gasteiger partial charge is 0.475 e. The zero-order valence-corrected chi connectivity index (χ0v) is 13.3. The molecule has 134 valence electrons. The molecule has 1 aliphatic carbocycles. The number of halogens is 3. The second kappa shape index (κ2) is 7.57. The van der Waals surface area contributed by atoms with Gasteiger partial charge in [-0.2, -0.15) is 18.4 Å². The summed E-state index contributed by atoms with van der Waals surface area (Å²) in [5, 5.41) is 17.4. The fourth-order valence-corrected chi connectivity index (χ4v) is 3.04. The van der Waals surface area contributed by atoms with E-state index in [9.17, 15) is 13.2 Å². The Labute approximate surface area is 142 Å². The van der Waals surface area contributed by atoms with Crippen LogP contribution in [-0.4, -0.2) is 27.9 Å². The Hall–Kier alpha value is -2.53. The number of carboxylic acid groups (broad SMARTS) is 1. The first-order valence-electron chi connectivity index (χ1n) is 7.76. The number of alkyl halides is 3. The number of benzene rings is 1. The van der Waals surface area contributed by atoms with Gasteiger partial charge in [0.1, 0.15) is 6.07 Å². The second-order valence-electron chi connectivity index (χ2n) is 6.07. The molecule has 3 rings (SSSR count). The predicted molar refractivity (Wildman–Crippen MR) is 85.7 cm³/mol. The summed E-state index contributed by atoms with van der Waals surface area (Å²) < 4.78 is 34.0. The van der Waals surface area contributed by atoms with Gasteiger partial charge in [0, 0.05) is 29.7 Å². The minimum atomic E-state index is -5.08. The average molecular weight is 353 g/mol. The number of nitrogens with zero attached hydrogens (tertiary/aromatic N) is 2. The lowest BCUT2D eigenvalue weighted by molar-refractivity contribution is -0.192. The van der Waals surface area contributed by atoms with Crippen molar-refractivity contribution in [1.29, 1.82) is 5.26 Å². The topological polar surface area (TPSA) is 92.0 Å². The van der Waals surface area contributed by atoms with Gasteiger partial charge in [0.25, 0.3) is 0 Å². The number of para-hydroxylation sites is 1. The fourth-order valence-electron chi connectivity index (χ4n) is 3.04. The van der Waals surface area contributed by atoms with Crippen LogP contribution in [0.25, 0.3) is 10.9 Å². The van der Waals surface area contributed by atoms with Gasteiger partial charge < -0.3 is 15.4 Å². The number of aliphatic carboxylic acids is 1. The van der Waals surface area contributed by atoms with Crippen molar-refractivity contribution in [1.82, 2.24) is 4.57 Å². The summed E-state index contributed by atoms with van der Waals surface area (Å²) in [6, 6.07) is 10.8. The summed E-state index contributed by atoms with van der Waals surface area (Å²) >= 11 is 0. The first-order valence-corrected chi connectivity index (χ1v) is 7.76. The Morgan fingerprint density at radius 1 is 1.36 bits per heavy atom. The molecule has 0 unspecified atom stereocenters. The number of aromatic nitrogens is 1. The molecule has 0 radical (unpaired) electrons. The highest BCUT2D eigenvalue weighted by molar-refractivity contribution is 5.86. The number of nitriles is 1. The monoisotopic (exact) mass is 353 g/mol. The maximum absolute atomic E-state index is 10.6. The maximum atomic E-state index is 10.6. The number of hydrogen-bond donors (Lipinski definition) is 2. The minimum absolute atomic E-state index is 0.368. The van der Waals surface area contributed by atoms with E-state index in [1.807, 2.05) is 24.4 Å². The number of fused-ring (bicyclic) bond motifs is 1. The number of hydrogen-bond acceptors (Lipinski definition) is 3. The van der Waals surface area contributed by atoms with E-state index in [1.54, 1.807) is 0 Å². The van der Waals surface area contributed by atoms with E-state index in [2.05, 4.69) is 16.7 Å². The quantitative estimate of drug-likeness (QED) is 0.867. The zero-order chi connectivity index (χ0) is 18.6. The Kier molecular flexibility index (Phi) is 5.69. The van der Waals surface area contributed by atoms with Crippen LogP contribution < -0.4 is 5.73 Å². The molecule has 1 fully saturated rings. The lowest BCUT2D eigenvalue weighted by Crippen LogP contribution is -2.21. The van der Waals surface area contributed by atoms with Crippen LogP contribution in [0, 0.1) is 17.2 Å². The molecule has 2 atom stereocenters. The van der Waals surface area contributed by atoms with Gasteiger partial charge in [-0.3, -0.25) is 0 Å². The molecule has 5 nitrogen and oxygen atoms in total. The molecule has 1 saturated carbocycles. The lowest BCUT2D eigenvalue weighted by atomic mass is 10.1. The summed E-state index contributed by atoms with van der Waals surface area (Å²) in [7, 11) is 0. The summed E-state index contributed by atoms with van der Waals surface area (Å²) in [4.78, 5) is 8.90. The van der Waals surface area contributed by atoms with Crippen molar-refractivity contribution < 1.29 is 23.1 Å². The molecule has 0 bridgehead atoms. The molecule has 1 aromatic heterocycles. The van der Waals surface area contributed by atoms with Crippen LogP contribution in [0.15, 0.2) is 30.5 Å². The van der Waals surface area contributed by atoms with Crippen molar-refractivity contribution in [3.8, 4) is 6.07 Å². The normalized spacial score (nSPS) is 20.0. The van der Waals surface area contributed by atoms with Gasteiger partial charge >= 0.3 is 12.1 Å². The van der Waals surface area contributed by atoms with E-state index in [0.29, 0.717) is 12.0 Å². The molecule has 0 amide bonds. The fraction of sp³-hybridized carbons (Fsp3) is 0.412. The largest absolute Gasteiger partial charge is 0.490 e. The Morgan fingerprint density at radius 3 is 2.52 bits per heavy atom. The van der Waals surface area contributed by atoms with Gasteiger partial charge in [0.05, 0.1) is 5.56 Å². The standard InChI is InChI=1S/C15H17N3.C2HF3O2/c16-8-12-10-18(9-11-5-6-13(17)7-11)15-4-2-1-3-14(12)15;3-2(4,5)1(6)7/h1-4,10-11,13H,5-7,9,17H2;(H,6,7)/t11-,13+;/m0./s1. The second-order valence-corrected chi connectivity index (χ2v) is 6.07. The van der Waals surface area contributed by atoms with E-state index in [0.717, 1.165) is 35.9 Å². The number of carboxylic acids is 1. The van der Waals surface area contributed by atoms with E-state index < -0.39 is 12.1 Å². The average Bonchev–Trinajstić information content (AvgIpc) is 3.11. The number of rotatable bonds is 2. The van der Waals surface area contributed by atoms with Gasteiger partial charge in [-0.1, -0.05) is 18.2 Å². The van der Waals surface area contributed by atoms with Crippen molar-refractivity contribution in [2.24, 2.45) is 11.7 Å². The third-order valence-electron chi connectivity index (χ3n) is 4.19. The van der Waals surface area contributed by atoms with E-state index >= 15 is 0 Å². The summed E-state index contributed by atoms with van der Waals surface area (Å²) in [5.41, 5.74) is 7.89. The third kappa shape index (κ3) is 4.73. The van der Waals surface area contributed by atoms with Crippen molar-refractivity contribution in [3.63, 3.8) is 0 Å². The molecule has 0 spiro atoms. The van der Waals surface area contributed by atoms with E-state index in [-0.39, 0.29) is 0 Å². The molecular weight excluding hydrogens is 335 g/mol. The molecule has 1 heterocycles. The van der Waals surface area contributed by atoms with Crippen LogP contribution in [-0.2, 0) is 11.3 Å². The highest BCUT2D eigenvalue weighted by atomic mass is 19.4. The molecular formula is C17H18F3N3O2. The Balaban J connectivity index is 0.000000277. The van der Waals surface area contributed by atoms with Crippen molar-refractivity contribution >= 4 is 16.9 Å². The van der Waals surface area contributed by atoms with Gasteiger partial charge in [-0.15, -0.1) is 0 Å². The molecule has 25 heavy (non-hydrogen) atoms.